The zero-order chi connectivity index (χ0) is 12.3. The third-order valence-corrected chi connectivity index (χ3v) is 2.35. The Morgan fingerprint density at radius 1 is 1.18 bits per heavy atom. The molecule has 1 aromatic carbocycles. The molecule has 0 atom stereocenters. The number of aromatic nitrogens is 1. The number of benzene rings is 1. The normalized spacial score (nSPS) is 10.1. The Kier molecular flexibility index (Phi) is 3.23. The molecule has 1 heterocycles. The van der Waals surface area contributed by atoms with E-state index in [1.54, 1.807) is 44.4 Å². The number of pyridine rings is 1. The number of ether oxygens (including phenoxy) is 1. The fourth-order valence-corrected chi connectivity index (χ4v) is 1.43. The first-order valence-corrected chi connectivity index (χ1v) is 5.27. The number of halogens is 1. The largest absolute Gasteiger partial charge is 0.457 e. The van der Waals surface area contributed by atoms with Gasteiger partial charge in [0.15, 0.2) is 0 Å². The van der Waals surface area contributed by atoms with Gasteiger partial charge in [-0.25, -0.2) is 9.37 Å². The number of rotatable bonds is 3. The Labute approximate surface area is 99.3 Å². The van der Waals surface area contributed by atoms with Gasteiger partial charge >= 0.3 is 0 Å². The van der Waals surface area contributed by atoms with Crippen molar-refractivity contribution in [3.8, 4) is 11.5 Å². The van der Waals surface area contributed by atoms with Crippen molar-refractivity contribution < 1.29 is 9.13 Å². The Morgan fingerprint density at radius 3 is 2.65 bits per heavy atom. The Hall–Kier alpha value is -2.10. The van der Waals surface area contributed by atoms with E-state index < -0.39 is 0 Å². The van der Waals surface area contributed by atoms with E-state index in [0.717, 1.165) is 5.82 Å². The first-order chi connectivity index (χ1) is 8.19. The molecule has 17 heavy (non-hydrogen) atoms. The molecule has 0 saturated heterocycles. The van der Waals surface area contributed by atoms with E-state index in [9.17, 15) is 4.39 Å². The van der Waals surface area contributed by atoms with Crippen LogP contribution in [0.5, 0.6) is 11.5 Å². The van der Waals surface area contributed by atoms with Gasteiger partial charge in [0.25, 0.3) is 0 Å². The maximum Gasteiger partial charge on any atom is 0.132 e. The molecular weight excluding hydrogens is 219 g/mol. The molecule has 0 aliphatic heterocycles. The molecule has 0 aliphatic rings. The average molecular weight is 232 g/mol. The second-order valence-electron chi connectivity index (χ2n) is 3.64. The summed E-state index contributed by atoms with van der Waals surface area (Å²) in [6.07, 6.45) is 1.65. The molecule has 0 unspecified atom stereocenters. The smallest absolute Gasteiger partial charge is 0.132 e. The molecule has 2 aromatic rings. The number of nitrogens with zero attached hydrogens (tertiary/aromatic N) is 1. The van der Waals surface area contributed by atoms with Crippen molar-refractivity contribution in [3.05, 3.63) is 47.9 Å². The number of anilines is 1. The Balaban J connectivity index is 2.22. The maximum absolute atomic E-state index is 13.1. The Morgan fingerprint density at radius 2 is 1.94 bits per heavy atom. The predicted octanol–water partition coefficient (Wildman–Crippen LogP) is 3.36. The van der Waals surface area contributed by atoms with Crippen molar-refractivity contribution in [1.29, 1.82) is 0 Å². The SMILES string of the molecule is CNc1cc(Oc2ccc(F)c(C)c2)ccn1. The summed E-state index contributed by atoms with van der Waals surface area (Å²) in [7, 11) is 1.79. The first kappa shape index (κ1) is 11.4. The number of nitrogens with one attached hydrogen (secondary N) is 1. The molecule has 1 aromatic heterocycles. The summed E-state index contributed by atoms with van der Waals surface area (Å²) in [6, 6.07) is 8.18. The van der Waals surface area contributed by atoms with Crippen LogP contribution in [0.1, 0.15) is 5.56 Å². The van der Waals surface area contributed by atoms with Gasteiger partial charge in [-0.05, 0) is 36.8 Å². The highest BCUT2D eigenvalue weighted by Crippen LogP contribution is 2.24. The van der Waals surface area contributed by atoms with Crippen LogP contribution in [0, 0.1) is 12.7 Å². The van der Waals surface area contributed by atoms with Gasteiger partial charge in [-0.2, -0.15) is 0 Å². The third-order valence-electron chi connectivity index (χ3n) is 2.35. The van der Waals surface area contributed by atoms with Gasteiger partial charge in [0.2, 0.25) is 0 Å². The fourth-order valence-electron chi connectivity index (χ4n) is 1.43. The molecule has 3 nitrogen and oxygen atoms in total. The molecular formula is C13H13FN2O. The standard InChI is InChI=1S/C13H13FN2O/c1-9-7-10(3-4-12(9)14)17-11-5-6-16-13(8-11)15-2/h3-8H,1-2H3,(H,15,16). The van der Waals surface area contributed by atoms with Gasteiger partial charge in [0.05, 0.1) is 0 Å². The summed E-state index contributed by atoms with van der Waals surface area (Å²) in [4.78, 5) is 4.08. The van der Waals surface area contributed by atoms with Crippen LogP contribution in [0.25, 0.3) is 0 Å². The van der Waals surface area contributed by atoms with Crippen molar-refractivity contribution in [3.63, 3.8) is 0 Å². The van der Waals surface area contributed by atoms with E-state index in [1.165, 1.54) is 6.07 Å². The van der Waals surface area contributed by atoms with Gasteiger partial charge < -0.3 is 10.1 Å². The molecule has 0 fully saturated rings. The van der Waals surface area contributed by atoms with Crippen molar-refractivity contribution in [2.24, 2.45) is 0 Å². The van der Waals surface area contributed by atoms with Gasteiger partial charge in [-0.1, -0.05) is 0 Å². The first-order valence-electron chi connectivity index (χ1n) is 5.27. The average Bonchev–Trinajstić information content (AvgIpc) is 2.34. The van der Waals surface area contributed by atoms with Gasteiger partial charge in [-0.15, -0.1) is 0 Å². The molecule has 1 N–H and O–H groups in total. The minimum absolute atomic E-state index is 0.233. The molecule has 0 aliphatic carbocycles. The topological polar surface area (TPSA) is 34.1 Å². The fraction of sp³-hybridized carbons (Fsp3) is 0.154. The quantitative estimate of drug-likeness (QED) is 0.881. The molecule has 0 amide bonds. The molecule has 88 valence electrons. The molecule has 0 radical (unpaired) electrons. The van der Waals surface area contributed by atoms with Crippen LogP contribution in [0.4, 0.5) is 10.2 Å². The van der Waals surface area contributed by atoms with E-state index in [0.29, 0.717) is 17.1 Å². The van der Waals surface area contributed by atoms with E-state index in [2.05, 4.69) is 10.3 Å². The van der Waals surface area contributed by atoms with E-state index in [1.807, 2.05) is 0 Å². The second kappa shape index (κ2) is 4.82. The number of aryl methyl sites for hydroxylation is 1. The van der Waals surface area contributed by atoms with Gasteiger partial charge in [0, 0.05) is 19.3 Å². The van der Waals surface area contributed by atoms with Crippen LogP contribution in [-0.2, 0) is 0 Å². The second-order valence-corrected chi connectivity index (χ2v) is 3.64. The van der Waals surface area contributed by atoms with Crippen molar-refractivity contribution in [2.75, 3.05) is 12.4 Å². The molecule has 2 rings (SSSR count). The summed E-state index contributed by atoms with van der Waals surface area (Å²) >= 11 is 0. The summed E-state index contributed by atoms with van der Waals surface area (Å²) in [5.41, 5.74) is 0.561. The predicted molar refractivity (Wildman–Crippen MR) is 65.0 cm³/mol. The summed E-state index contributed by atoms with van der Waals surface area (Å²) in [5, 5.41) is 2.92. The van der Waals surface area contributed by atoms with Crippen molar-refractivity contribution in [1.82, 2.24) is 4.98 Å². The van der Waals surface area contributed by atoms with Gasteiger partial charge in [0.1, 0.15) is 23.1 Å². The molecule has 0 bridgehead atoms. The van der Waals surface area contributed by atoms with Crippen LogP contribution in [0.3, 0.4) is 0 Å². The van der Waals surface area contributed by atoms with Crippen LogP contribution in [-0.4, -0.2) is 12.0 Å². The monoisotopic (exact) mass is 232 g/mol. The minimum atomic E-state index is -0.233. The van der Waals surface area contributed by atoms with E-state index in [4.69, 9.17) is 4.74 Å². The summed E-state index contributed by atoms with van der Waals surface area (Å²) in [5.74, 6) is 1.76. The highest BCUT2D eigenvalue weighted by atomic mass is 19.1. The summed E-state index contributed by atoms with van der Waals surface area (Å²) in [6.45, 7) is 1.70. The lowest BCUT2D eigenvalue weighted by atomic mass is 10.2. The molecule has 0 saturated carbocycles. The van der Waals surface area contributed by atoms with Crippen LogP contribution < -0.4 is 10.1 Å². The summed E-state index contributed by atoms with van der Waals surface area (Å²) < 4.78 is 18.7. The highest BCUT2D eigenvalue weighted by Gasteiger charge is 2.02. The molecule has 4 heteroatoms. The van der Waals surface area contributed by atoms with Crippen LogP contribution >= 0.6 is 0 Å². The van der Waals surface area contributed by atoms with Crippen molar-refractivity contribution >= 4 is 5.82 Å². The minimum Gasteiger partial charge on any atom is -0.457 e. The van der Waals surface area contributed by atoms with Crippen LogP contribution in [0.15, 0.2) is 36.5 Å². The van der Waals surface area contributed by atoms with Gasteiger partial charge in [-0.3, -0.25) is 0 Å². The van der Waals surface area contributed by atoms with E-state index >= 15 is 0 Å². The van der Waals surface area contributed by atoms with Crippen molar-refractivity contribution in [2.45, 2.75) is 6.92 Å². The highest BCUT2D eigenvalue weighted by molar-refractivity contribution is 5.42. The lowest BCUT2D eigenvalue weighted by Crippen LogP contribution is -1.93. The third kappa shape index (κ3) is 2.72. The number of hydrogen-bond donors (Lipinski definition) is 1. The molecule has 0 spiro atoms. The zero-order valence-electron chi connectivity index (χ0n) is 9.70. The lowest BCUT2D eigenvalue weighted by Gasteiger charge is -2.07. The zero-order valence-corrected chi connectivity index (χ0v) is 9.70. The van der Waals surface area contributed by atoms with E-state index in [-0.39, 0.29) is 5.82 Å². The lowest BCUT2D eigenvalue weighted by molar-refractivity contribution is 0.479. The Bertz CT molecular complexity index is 529. The maximum atomic E-state index is 13.1. The number of hydrogen-bond acceptors (Lipinski definition) is 3. The van der Waals surface area contributed by atoms with Crippen LogP contribution in [0.2, 0.25) is 0 Å².